The molecule has 0 aromatic heterocycles. The van der Waals surface area contributed by atoms with Gasteiger partial charge in [-0.3, -0.25) is 9.59 Å². The van der Waals surface area contributed by atoms with Gasteiger partial charge in [0.2, 0.25) is 5.91 Å². The lowest BCUT2D eigenvalue weighted by Crippen LogP contribution is -2.52. The molecule has 2 atom stereocenters. The number of carboxylic acid groups (broad SMARTS) is 1. The van der Waals surface area contributed by atoms with E-state index >= 15 is 0 Å². The molecule has 2 amide bonds. The first-order valence-corrected chi connectivity index (χ1v) is 11.5. The summed E-state index contributed by atoms with van der Waals surface area (Å²) < 4.78 is 5.57. The van der Waals surface area contributed by atoms with E-state index in [1.807, 2.05) is 57.2 Å². The van der Waals surface area contributed by atoms with Gasteiger partial charge in [0.25, 0.3) is 0 Å². The average molecular weight is 453 g/mol. The zero-order chi connectivity index (χ0) is 24.0. The van der Waals surface area contributed by atoms with E-state index in [0.717, 1.165) is 22.3 Å². The predicted molar refractivity (Wildman–Crippen MR) is 126 cm³/mol. The second kappa shape index (κ2) is 11.0. The van der Waals surface area contributed by atoms with Crippen molar-refractivity contribution in [3.63, 3.8) is 0 Å². The van der Waals surface area contributed by atoms with E-state index in [-0.39, 0.29) is 36.8 Å². The quantitative estimate of drug-likeness (QED) is 0.498. The molecule has 2 aromatic rings. The minimum Gasteiger partial charge on any atom is -0.481 e. The maximum absolute atomic E-state index is 12.8. The minimum absolute atomic E-state index is 0.0229. The Labute approximate surface area is 194 Å². The molecule has 7 heteroatoms. The molecule has 3 rings (SSSR count). The molecule has 0 saturated heterocycles. The summed E-state index contributed by atoms with van der Waals surface area (Å²) in [4.78, 5) is 36.3. The first-order chi connectivity index (χ1) is 15.8. The Bertz CT molecular complexity index is 958. The average Bonchev–Trinajstić information content (AvgIpc) is 3.12. The fourth-order valence-electron chi connectivity index (χ4n) is 4.27. The number of ether oxygens (including phenoxy) is 1. The normalized spacial score (nSPS) is 14.2. The van der Waals surface area contributed by atoms with Crippen LogP contribution < -0.4 is 10.6 Å². The molecule has 0 fully saturated rings. The number of hydrogen-bond donors (Lipinski definition) is 3. The molecule has 0 aliphatic heterocycles. The van der Waals surface area contributed by atoms with E-state index in [1.165, 1.54) is 0 Å². The maximum atomic E-state index is 12.8. The molecule has 1 aliphatic carbocycles. The van der Waals surface area contributed by atoms with E-state index in [0.29, 0.717) is 12.8 Å². The van der Waals surface area contributed by atoms with Crippen LogP contribution in [-0.2, 0) is 14.3 Å². The Morgan fingerprint density at radius 3 is 2.06 bits per heavy atom. The van der Waals surface area contributed by atoms with Gasteiger partial charge >= 0.3 is 12.1 Å². The van der Waals surface area contributed by atoms with Gasteiger partial charge in [-0.25, -0.2) is 4.79 Å². The second-order valence-electron chi connectivity index (χ2n) is 8.74. The third-order valence-electron chi connectivity index (χ3n) is 6.11. The number of carbonyl (C=O) groups excluding carboxylic acids is 2. The van der Waals surface area contributed by atoms with Crippen LogP contribution in [0.4, 0.5) is 4.79 Å². The molecule has 0 saturated carbocycles. The lowest BCUT2D eigenvalue weighted by Gasteiger charge is -2.25. The third-order valence-corrected chi connectivity index (χ3v) is 6.11. The van der Waals surface area contributed by atoms with E-state index in [9.17, 15) is 14.4 Å². The van der Waals surface area contributed by atoms with Gasteiger partial charge in [-0.05, 0) is 41.0 Å². The van der Waals surface area contributed by atoms with Crippen molar-refractivity contribution in [1.82, 2.24) is 10.6 Å². The van der Waals surface area contributed by atoms with Crippen LogP contribution in [0.2, 0.25) is 0 Å². The largest absolute Gasteiger partial charge is 0.481 e. The Kier molecular flexibility index (Phi) is 8.09. The van der Waals surface area contributed by atoms with Crippen LogP contribution in [0.3, 0.4) is 0 Å². The second-order valence-corrected chi connectivity index (χ2v) is 8.74. The van der Waals surface area contributed by atoms with Gasteiger partial charge in [-0.15, -0.1) is 0 Å². The van der Waals surface area contributed by atoms with Crippen LogP contribution in [0.25, 0.3) is 11.1 Å². The van der Waals surface area contributed by atoms with Gasteiger partial charge < -0.3 is 20.5 Å². The van der Waals surface area contributed by atoms with Crippen LogP contribution in [0.5, 0.6) is 0 Å². The monoisotopic (exact) mass is 452 g/mol. The van der Waals surface area contributed by atoms with Crippen LogP contribution in [-0.4, -0.2) is 41.8 Å². The molecule has 3 N–H and O–H groups in total. The molecule has 0 radical (unpaired) electrons. The highest BCUT2D eigenvalue weighted by molar-refractivity contribution is 5.86. The summed E-state index contributed by atoms with van der Waals surface area (Å²) in [6.07, 6.45) is 0.275. The zero-order valence-electron chi connectivity index (χ0n) is 19.3. The molecule has 176 valence electrons. The number of alkyl carbamates (subject to hydrolysis) is 1. The summed E-state index contributed by atoms with van der Waals surface area (Å²) in [6, 6.07) is 15.1. The molecule has 0 bridgehead atoms. The third kappa shape index (κ3) is 5.92. The van der Waals surface area contributed by atoms with Crippen molar-refractivity contribution in [3.8, 4) is 11.1 Å². The fourth-order valence-corrected chi connectivity index (χ4v) is 4.27. The molecule has 2 aromatic carbocycles. The predicted octanol–water partition coefficient (Wildman–Crippen LogP) is 4.31. The van der Waals surface area contributed by atoms with Gasteiger partial charge in [-0.2, -0.15) is 0 Å². The first-order valence-electron chi connectivity index (χ1n) is 11.5. The fraction of sp³-hybridized carbons (Fsp3) is 0.423. The molecule has 7 nitrogen and oxygen atoms in total. The number of amides is 2. The summed E-state index contributed by atoms with van der Waals surface area (Å²) >= 11 is 0. The number of fused-ring (bicyclic) bond motifs is 3. The van der Waals surface area contributed by atoms with Crippen LogP contribution in [0.1, 0.15) is 57.1 Å². The Morgan fingerprint density at radius 1 is 0.970 bits per heavy atom. The standard InChI is InChI=1S/C26H32N2O5/c1-4-17(13-14-23(29)30)27-25(31)24(16(2)3)28-26(32)33-15-22-20-11-7-5-9-18(20)19-10-6-8-12-21(19)22/h5-12,16-17,22,24H,4,13-15H2,1-3H3,(H,27,31)(H,28,32)(H,29,30)/t17?,24-/m1/s1. The van der Waals surface area contributed by atoms with Gasteiger partial charge in [0.15, 0.2) is 0 Å². The van der Waals surface area contributed by atoms with Gasteiger partial charge in [0, 0.05) is 18.4 Å². The van der Waals surface area contributed by atoms with Gasteiger partial charge in [0.05, 0.1) is 0 Å². The van der Waals surface area contributed by atoms with Crippen molar-refractivity contribution >= 4 is 18.0 Å². The summed E-state index contributed by atoms with van der Waals surface area (Å²) in [7, 11) is 0. The molecule has 0 spiro atoms. The molecule has 1 aliphatic rings. The van der Waals surface area contributed by atoms with E-state index in [4.69, 9.17) is 9.84 Å². The van der Waals surface area contributed by atoms with Crippen LogP contribution >= 0.6 is 0 Å². The molecule has 1 unspecified atom stereocenters. The van der Waals surface area contributed by atoms with E-state index < -0.39 is 18.1 Å². The highest BCUT2D eigenvalue weighted by Crippen LogP contribution is 2.44. The van der Waals surface area contributed by atoms with E-state index in [2.05, 4.69) is 22.8 Å². The van der Waals surface area contributed by atoms with Gasteiger partial charge in [-0.1, -0.05) is 69.3 Å². The summed E-state index contributed by atoms with van der Waals surface area (Å²) in [5.41, 5.74) is 4.53. The SMILES string of the molecule is CCC(CCC(=O)O)NC(=O)[C@H](NC(=O)OCC1c2ccccc2-c2ccccc21)C(C)C. The smallest absolute Gasteiger partial charge is 0.407 e. The maximum Gasteiger partial charge on any atom is 0.407 e. The number of benzene rings is 2. The highest BCUT2D eigenvalue weighted by atomic mass is 16.5. The van der Waals surface area contributed by atoms with Gasteiger partial charge in [0.1, 0.15) is 12.6 Å². The molecular weight excluding hydrogens is 420 g/mol. The number of hydrogen-bond acceptors (Lipinski definition) is 4. The van der Waals surface area contributed by atoms with Crippen LogP contribution in [0, 0.1) is 5.92 Å². The summed E-state index contributed by atoms with van der Waals surface area (Å²) in [5, 5.41) is 14.4. The number of rotatable bonds is 10. The van der Waals surface area contributed by atoms with E-state index in [1.54, 1.807) is 0 Å². The molecule has 0 heterocycles. The topological polar surface area (TPSA) is 105 Å². The lowest BCUT2D eigenvalue weighted by atomic mass is 9.98. The summed E-state index contributed by atoms with van der Waals surface area (Å²) in [6.45, 7) is 5.73. The number of aliphatic carboxylic acids is 1. The number of carboxylic acids is 1. The minimum atomic E-state index is -0.903. The van der Waals surface area contributed by atoms with Crippen molar-refractivity contribution in [2.24, 2.45) is 5.92 Å². The Morgan fingerprint density at radius 2 is 1.55 bits per heavy atom. The Balaban J connectivity index is 1.62. The van der Waals surface area contributed by atoms with Crippen molar-refractivity contribution < 1.29 is 24.2 Å². The van der Waals surface area contributed by atoms with Crippen molar-refractivity contribution in [2.75, 3.05) is 6.61 Å². The highest BCUT2D eigenvalue weighted by Gasteiger charge is 2.30. The summed E-state index contributed by atoms with van der Waals surface area (Å²) in [5.74, 6) is -1.46. The van der Waals surface area contributed by atoms with Crippen molar-refractivity contribution in [1.29, 1.82) is 0 Å². The zero-order valence-corrected chi connectivity index (χ0v) is 19.3. The lowest BCUT2D eigenvalue weighted by molar-refractivity contribution is -0.137. The molecule has 33 heavy (non-hydrogen) atoms. The Hall–Kier alpha value is -3.35. The number of carbonyl (C=O) groups is 3. The van der Waals surface area contributed by atoms with Crippen molar-refractivity contribution in [2.45, 2.75) is 58.0 Å². The van der Waals surface area contributed by atoms with Crippen LogP contribution in [0.15, 0.2) is 48.5 Å². The molecular formula is C26H32N2O5. The van der Waals surface area contributed by atoms with Crippen molar-refractivity contribution in [3.05, 3.63) is 59.7 Å². The number of nitrogens with one attached hydrogen (secondary N) is 2. The first kappa shape index (κ1) is 24.3.